The molecule has 0 aliphatic heterocycles. The molecule has 0 spiro atoms. The van der Waals surface area contributed by atoms with Gasteiger partial charge in [0.05, 0.1) is 6.42 Å². The summed E-state index contributed by atoms with van der Waals surface area (Å²) in [6.07, 6.45) is 0.319. The molecule has 4 aromatic carbocycles. The summed E-state index contributed by atoms with van der Waals surface area (Å²) in [5, 5.41) is 12.7. The molecular formula is C34H30ClFN2O6. The van der Waals surface area contributed by atoms with Gasteiger partial charge in [0.25, 0.3) is 0 Å². The molecule has 0 fully saturated rings. The number of hydrogen-bond donors (Lipinski definition) is 3. The Balaban J connectivity index is 1.29. The fourth-order valence-corrected chi connectivity index (χ4v) is 5.14. The number of halogens is 2. The lowest BCUT2D eigenvalue weighted by Crippen LogP contribution is -2.58. The van der Waals surface area contributed by atoms with Crippen molar-refractivity contribution in [3.8, 4) is 16.9 Å². The number of benzene rings is 4. The van der Waals surface area contributed by atoms with Gasteiger partial charge in [-0.05, 0) is 76.7 Å². The molecule has 226 valence electrons. The highest BCUT2D eigenvalue weighted by atomic mass is 35.5. The van der Waals surface area contributed by atoms with E-state index in [9.17, 15) is 23.9 Å². The van der Waals surface area contributed by atoms with E-state index in [2.05, 4.69) is 10.8 Å². The van der Waals surface area contributed by atoms with E-state index in [1.54, 1.807) is 48.5 Å². The Bertz CT molecular complexity index is 1660. The fraction of sp³-hybridized carbons (Fsp3) is 0.206. The maximum atomic E-state index is 13.5. The molecular weight excluding hydrogens is 587 g/mol. The summed E-state index contributed by atoms with van der Waals surface area (Å²) in [5.41, 5.74) is 5.94. The molecule has 8 nitrogen and oxygen atoms in total. The molecule has 0 bridgehead atoms. The van der Waals surface area contributed by atoms with Crippen LogP contribution in [0.3, 0.4) is 0 Å². The maximum Gasteiger partial charge on any atom is 0.351 e. The average molecular weight is 617 g/mol. The van der Waals surface area contributed by atoms with Crippen LogP contribution in [0.15, 0.2) is 91.0 Å². The Morgan fingerprint density at radius 2 is 1.52 bits per heavy atom. The number of carbonyl (C=O) groups is 3. The fourth-order valence-electron chi connectivity index (χ4n) is 5.02. The molecule has 1 amide bonds. The van der Waals surface area contributed by atoms with Crippen molar-refractivity contribution in [2.75, 3.05) is 0 Å². The summed E-state index contributed by atoms with van der Waals surface area (Å²) in [4.78, 5) is 43.2. The number of carbonyl (C=O) groups excluding carboxylic acids is 2. The van der Waals surface area contributed by atoms with Crippen LogP contribution in [0, 0.1) is 5.82 Å². The zero-order chi connectivity index (χ0) is 31.3. The highest BCUT2D eigenvalue weighted by molar-refractivity contribution is 6.30. The standard InChI is InChI=1S/C34H30ClFN2O6/c1-21(32(40)41)38-44-33(42)34(18-26-7-6-25(17-27(26)19-34)24-8-10-28(35)11-9-24)37-31(39)16-22-4-14-30(15-5-22)43-20-23-2-12-29(36)13-3-23/h2-15,17,21,38H,16,18-20H2,1H3,(H,37,39)(H,40,41)/t21-,34?/m0/s1. The maximum absolute atomic E-state index is 13.5. The van der Waals surface area contributed by atoms with Gasteiger partial charge in [-0.25, -0.2) is 9.18 Å². The zero-order valence-electron chi connectivity index (χ0n) is 23.8. The first-order valence-corrected chi connectivity index (χ1v) is 14.3. The largest absolute Gasteiger partial charge is 0.489 e. The Morgan fingerprint density at radius 3 is 2.20 bits per heavy atom. The predicted molar refractivity (Wildman–Crippen MR) is 162 cm³/mol. The Kier molecular flexibility index (Phi) is 9.27. The molecule has 1 unspecified atom stereocenters. The van der Waals surface area contributed by atoms with E-state index in [0.717, 1.165) is 27.8 Å². The number of nitrogens with one attached hydrogen (secondary N) is 2. The van der Waals surface area contributed by atoms with Gasteiger partial charge in [0.2, 0.25) is 5.91 Å². The van der Waals surface area contributed by atoms with Crippen LogP contribution >= 0.6 is 11.6 Å². The van der Waals surface area contributed by atoms with Gasteiger partial charge in [-0.3, -0.25) is 9.59 Å². The topological polar surface area (TPSA) is 114 Å². The SMILES string of the molecule is C[C@H](NOC(=O)C1(NC(=O)Cc2ccc(OCc3ccc(F)cc3)cc2)Cc2ccc(-c3ccc(Cl)cc3)cc2C1)C(=O)O. The molecule has 10 heteroatoms. The Hall–Kier alpha value is -4.73. The lowest BCUT2D eigenvalue weighted by Gasteiger charge is -2.28. The van der Waals surface area contributed by atoms with Gasteiger partial charge in [-0.15, -0.1) is 5.48 Å². The number of carboxylic acid groups (broad SMARTS) is 1. The number of fused-ring (bicyclic) bond motifs is 1. The molecule has 0 saturated heterocycles. The summed E-state index contributed by atoms with van der Waals surface area (Å²) < 4.78 is 18.9. The first-order chi connectivity index (χ1) is 21.1. The quantitative estimate of drug-likeness (QED) is 0.192. The summed E-state index contributed by atoms with van der Waals surface area (Å²) in [7, 11) is 0. The molecule has 0 heterocycles. The monoisotopic (exact) mass is 616 g/mol. The normalized spacial score (nSPS) is 16.1. The summed E-state index contributed by atoms with van der Waals surface area (Å²) >= 11 is 6.04. The smallest absolute Gasteiger partial charge is 0.351 e. The van der Waals surface area contributed by atoms with E-state index in [0.29, 0.717) is 16.3 Å². The molecule has 0 aromatic heterocycles. The molecule has 1 aliphatic carbocycles. The second kappa shape index (κ2) is 13.3. The van der Waals surface area contributed by atoms with Gasteiger partial charge < -0.3 is 20.0 Å². The first kappa shape index (κ1) is 30.7. The second-order valence-corrected chi connectivity index (χ2v) is 11.2. The van der Waals surface area contributed by atoms with E-state index in [1.807, 2.05) is 30.3 Å². The lowest BCUT2D eigenvalue weighted by atomic mass is 9.95. The van der Waals surface area contributed by atoms with E-state index >= 15 is 0 Å². The van der Waals surface area contributed by atoms with Crippen molar-refractivity contribution < 1.29 is 33.5 Å². The number of hydrogen-bond acceptors (Lipinski definition) is 6. The van der Waals surface area contributed by atoms with E-state index in [4.69, 9.17) is 21.2 Å². The van der Waals surface area contributed by atoms with Crippen molar-refractivity contribution in [1.29, 1.82) is 0 Å². The molecule has 4 aromatic rings. The van der Waals surface area contributed by atoms with Crippen LogP contribution in [0.2, 0.25) is 5.02 Å². The van der Waals surface area contributed by atoms with Crippen molar-refractivity contribution in [2.24, 2.45) is 0 Å². The van der Waals surface area contributed by atoms with Gasteiger partial charge in [0, 0.05) is 17.9 Å². The average Bonchev–Trinajstić information content (AvgIpc) is 3.38. The van der Waals surface area contributed by atoms with Gasteiger partial charge in [0.15, 0.2) is 0 Å². The number of rotatable bonds is 11. The number of carboxylic acids is 1. The van der Waals surface area contributed by atoms with Gasteiger partial charge in [0.1, 0.15) is 29.8 Å². The van der Waals surface area contributed by atoms with Crippen LogP contribution < -0.4 is 15.5 Å². The van der Waals surface area contributed by atoms with E-state index in [1.165, 1.54) is 19.1 Å². The van der Waals surface area contributed by atoms with Crippen molar-refractivity contribution in [3.63, 3.8) is 0 Å². The molecule has 3 N–H and O–H groups in total. The van der Waals surface area contributed by atoms with Gasteiger partial charge in [-0.1, -0.05) is 66.2 Å². The van der Waals surface area contributed by atoms with Crippen LogP contribution in [0.25, 0.3) is 11.1 Å². The summed E-state index contributed by atoms with van der Waals surface area (Å²) in [5.74, 6) is -2.11. The zero-order valence-corrected chi connectivity index (χ0v) is 24.6. The van der Waals surface area contributed by atoms with Crippen LogP contribution in [-0.2, 0) is 45.1 Å². The number of hydroxylamine groups is 1. The van der Waals surface area contributed by atoms with Crippen LogP contribution in [-0.4, -0.2) is 34.5 Å². The Morgan fingerprint density at radius 1 is 0.886 bits per heavy atom. The van der Waals surface area contributed by atoms with Crippen LogP contribution in [0.4, 0.5) is 4.39 Å². The highest BCUT2D eigenvalue weighted by Gasteiger charge is 2.47. The molecule has 44 heavy (non-hydrogen) atoms. The Labute approximate surface area is 258 Å². The lowest BCUT2D eigenvalue weighted by molar-refractivity contribution is -0.165. The number of aliphatic carboxylic acids is 1. The number of ether oxygens (including phenoxy) is 1. The molecule has 0 saturated carbocycles. The van der Waals surface area contributed by atoms with Crippen molar-refractivity contribution in [2.45, 2.75) is 44.4 Å². The van der Waals surface area contributed by atoms with Gasteiger partial charge >= 0.3 is 11.9 Å². The van der Waals surface area contributed by atoms with Crippen LogP contribution in [0.1, 0.15) is 29.2 Å². The minimum absolute atomic E-state index is 0.0153. The molecule has 1 aliphatic rings. The molecule has 0 radical (unpaired) electrons. The summed E-state index contributed by atoms with van der Waals surface area (Å²) in [6, 6.07) is 25.1. The molecule has 2 atom stereocenters. The first-order valence-electron chi connectivity index (χ1n) is 13.9. The minimum atomic E-state index is -1.44. The van der Waals surface area contributed by atoms with Gasteiger partial charge in [-0.2, -0.15) is 0 Å². The summed E-state index contributed by atoms with van der Waals surface area (Å²) in [6.45, 7) is 1.61. The molecule has 5 rings (SSSR count). The third-order valence-corrected chi connectivity index (χ3v) is 7.70. The third-order valence-electron chi connectivity index (χ3n) is 7.44. The third kappa shape index (κ3) is 7.42. The van der Waals surface area contributed by atoms with E-state index in [-0.39, 0.29) is 31.7 Å². The van der Waals surface area contributed by atoms with Crippen molar-refractivity contribution in [3.05, 3.63) is 124 Å². The highest BCUT2D eigenvalue weighted by Crippen LogP contribution is 2.35. The number of amides is 1. The second-order valence-electron chi connectivity index (χ2n) is 10.8. The van der Waals surface area contributed by atoms with E-state index < -0.39 is 29.4 Å². The van der Waals surface area contributed by atoms with Crippen molar-refractivity contribution in [1.82, 2.24) is 10.8 Å². The van der Waals surface area contributed by atoms with Crippen LogP contribution in [0.5, 0.6) is 5.75 Å². The predicted octanol–water partition coefficient (Wildman–Crippen LogP) is 5.44. The minimum Gasteiger partial charge on any atom is -0.489 e. The van der Waals surface area contributed by atoms with Crippen molar-refractivity contribution >= 4 is 29.4 Å².